The predicted molar refractivity (Wildman–Crippen MR) is 60.3 cm³/mol. The molecule has 0 spiro atoms. The molecular formula is C12H15FN2. The Morgan fingerprint density at radius 1 is 1.47 bits per heavy atom. The van der Waals surface area contributed by atoms with Gasteiger partial charge in [0.05, 0.1) is 5.52 Å². The number of benzene rings is 1. The molecule has 80 valence electrons. The molecule has 2 nitrogen and oxygen atoms in total. The summed E-state index contributed by atoms with van der Waals surface area (Å²) >= 11 is 0. The summed E-state index contributed by atoms with van der Waals surface area (Å²) in [5.41, 5.74) is 8.31. The zero-order valence-corrected chi connectivity index (χ0v) is 8.97. The van der Waals surface area contributed by atoms with E-state index in [9.17, 15) is 4.39 Å². The van der Waals surface area contributed by atoms with E-state index >= 15 is 0 Å². The standard InChI is InChI=1S/C12H15FN2/c1-7-6-15-12-10(7)4-9(3-8(2)14)5-11(12)13/h4-6,8,15H,3,14H2,1-2H3. The lowest BCUT2D eigenvalue weighted by atomic mass is 10.0. The van der Waals surface area contributed by atoms with E-state index in [4.69, 9.17) is 5.73 Å². The lowest BCUT2D eigenvalue weighted by Gasteiger charge is -2.06. The summed E-state index contributed by atoms with van der Waals surface area (Å²) in [7, 11) is 0. The van der Waals surface area contributed by atoms with Gasteiger partial charge in [0.1, 0.15) is 5.82 Å². The molecule has 0 aliphatic heterocycles. The summed E-state index contributed by atoms with van der Waals surface area (Å²) < 4.78 is 13.6. The molecule has 0 saturated carbocycles. The van der Waals surface area contributed by atoms with Crippen molar-refractivity contribution in [2.45, 2.75) is 26.3 Å². The number of aromatic nitrogens is 1. The molecule has 3 heteroatoms. The molecule has 1 atom stereocenters. The maximum atomic E-state index is 13.6. The average Bonchev–Trinajstić information content (AvgIpc) is 2.47. The van der Waals surface area contributed by atoms with Crippen LogP contribution in [0.25, 0.3) is 10.9 Å². The minimum Gasteiger partial charge on any atom is -0.359 e. The maximum Gasteiger partial charge on any atom is 0.147 e. The molecule has 1 aromatic heterocycles. The van der Waals surface area contributed by atoms with Gasteiger partial charge in [0.25, 0.3) is 0 Å². The fourth-order valence-electron chi connectivity index (χ4n) is 1.87. The summed E-state index contributed by atoms with van der Waals surface area (Å²) in [5.74, 6) is -0.198. The average molecular weight is 206 g/mol. The first-order chi connectivity index (χ1) is 7.08. The van der Waals surface area contributed by atoms with Crippen molar-refractivity contribution >= 4 is 10.9 Å². The molecule has 1 heterocycles. The summed E-state index contributed by atoms with van der Waals surface area (Å²) in [4.78, 5) is 2.93. The van der Waals surface area contributed by atoms with Crippen LogP contribution in [0.1, 0.15) is 18.1 Å². The Bertz CT molecular complexity index is 486. The van der Waals surface area contributed by atoms with Gasteiger partial charge in [-0.3, -0.25) is 0 Å². The lowest BCUT2D eigenvalue weighted by Crippen LogP contribution is -2.17. The first-order valence-corrected chi connectivity index (χ1v) is 5.09. The van der Waals surface area contributed by atoms with E-state index in [1.807, 2.05) is 26.1 Å². The molecule has 1 aromatic carbocycles. The van der Waals surface area contributed by atoms with Crippen LogP contribution in [-0.2, 0) is 6.42 Å². The fourth-order valence-corrected chi connectivity index (χ4v) is 1.87. The predicted octanol–water partition coefficient (Wildman–Crippen LogP) is 2.51. The van der Waals surface area contributed by atoms with E-state index < -0.39 is 0 Å². The van der Waals surface area contributed by atoms with E-state index in [1.165, 1.54) is 0 Å². The monoisotopic (exact) mass is 206 g/mol. The number of H-pyrrole nitrogens is 1. The Hall–Kier alpha value is -1.35. The molecule has 0 bridgehead atoms. The fraction of sp³-hybridized carbons (Fsp3) is 0.333. The minimum atomic E-state index is -0.198. The van der Waals surface area contributed by atoms with Gasteiger partial charge in [0, 0.05) is 17.6 Å². The molecule has 3 N–H and O–H groups in total. The van der Waals surface area contributed by atoms with Crippen LogP contribution in [0.15, 0.2) is 18.3 Å². The topological polar surface area (TPSA) is 41.8 Å². The van der Waals surface area contributed by atoms with Crippen molar-refractivity contribution in [2.75, 3.05) is 0 Å². The minimum absolute atomic E-state index is 0.0566. The molecule has 0 radical (unpaired) electrons. The first kappa shape index (κ1) is 10.2. The number of rotatable bonds is 2. The van der Waals surface area contributed by atoms with Gasteiger partial charge < -0.3 is 10.7 Å². The molecule has 2 aromatic rings. The largest absolute Gasteiger partial charge is 0.359 e. The normalized spacial score (nSPS) is 13.3. The van der Waals surface area contributed by atoms with Crippen molar-refractivity contribution in [3.63, 3.8) is 0 Å². The van der Waals surface area contributed by atoms with Gasteiger partial charge >= 0.3 is 0 Å². The summed E-state index contributed by atoms with van der Waals surface area (Å²) in [6.45, 7) is 3.89. The second-order valence-electron chi connectivity index (χ2n) is 4.15. The molecule has 0 amide bonds. The third kappa shape index (κ3) is 1.88. The second kappa shape index (κ2) is 3.66. The van der Waals surface area contributed by atoms with Crippen LogP contribution in [0.3, 0.4) is 0 Å². The van der Waals surface area contributed by atoms with E-state index in [0.29, 0.717) is 11.9 Å². The summed E-state index contributed by atoms with van der Waals surface area (Å²) in [5, 5.41) is 0.950. The van der Waals surface area contributed by atoms with Crippen LogP contribution in [0.2, 0.25) is 0 Å². The van der Waals surface area contributed by atoms with E-state index in [-0.39, 0.29) is 11.9 Å². The summed E-state index contributed by atoms with van der Waals surface area (Å²) in [6, 6.07) is 3.62. The smallest absolute Gasteiger partial charge is 0.147 e. The van der Waals surface area contributed by atoms with Crippen molar-refractivity contribution in [3.05, 3.63) is 35.3 Å². The van der Waals surface area contributed by atoms with E-state index in [2.05, 4.69) is 4.98 Å². The number of hydrogen-bond donors (Lipinski definition) is 2. The van der Waals surface area contributed by atoms with Crippen LogP contribution in [-0.4, -0.2) is 11.0 Å². The number of hydrogen-bond acceptors (Lipinski definition) is 1. The highest BCUT2D eigenvalue weighted by molar-refractivity contribution is 5.84. The Morgan fingerprint density at radius 3 is 2.87 bits per heavy atom. The SMILES string of the molecule is Cc1c[nH]c2c(F)cc(CC(C)N)cc12. The van der Waals surface area contributed by atoms with Crippen LogP contribution in [0, 0.1) is 12.7 Å². The van der Waals surface area contributed by atoms with Crippen molar-refractivity contribution in [2.24, 2.45) is 5.73 Å². The highest BCUT2D eigenvalue weighted by Crippen LogP contribution is 2.22. The molecule has 0 saturated heterocycles. The highest BCUT2D eigenvalue weighted by atomic mass is 19.1. The Labute approximate surface area is 88.3 Å². The number of halogens is 1. The lowest BCUT2D eigenvalue weighted by molar-refractivity contribution is 0.632. The zero-order valence-electron chi connectivity index (χ0n) is 8.97. The van der Waals surface area contributed by atoms with Gasteiger partial charge in [-0.2, -0.15) is 0 Å². The quantitative estimate of drug-likeness (QED) is 0.778. The Balaban J connectivity index is 2.55. The molecule has 0 aliphatic rings. The molecule has 15 heavy (non-hydrogen) atoms. The Morgan fingerprint density at radius 2 is 2.20 bits per heavy atom. The van der Waals surface area contributed by atoms with Crippen LogP contribution in [0.4, 0.5) is 4.39 Å². The van der Waals surface area contributed by atoms with E-state index in [1.54, 1.807) is 6.07 Å². The van der Waals surface area contributed by atoms with Gasteiger partial charge in [-0.25, -0.2) is 4.39 Å². The molecule has 1 unspecified atom stereocenters. The van der Waals surface area contributed by atoms with Crippen LogP contribution in [0.5, 0.6) is 0 Å². The number of fused-ring (bicyclic) bond motifs is 1. The third-order valence-electron chi connectivity index (χ3n) is 2.57. The number of nitrogens with one attached hydrogen (secondary N) is 1. The molecule has 0 fully saturated rings. The van der Waals surface area contributed by atoms with Crippen molar-refractivity contribution in [1.82, 2.24) is 4.98 Å². The third-order valence-corrected chi connectivity index (χ3v) is 2.57. The highest BCUT2D eigenvalue weighted by Gasteiger charge is 2.08. The first-order valence-electron chi connectivity index (χ1n) is 5.09. The van der Waals surface area contributed by atoms with E-state index in [0.717, 1.165) is 16.5 Å². The van der Waals surface area contributed by atoms with Gasteiger partial charge in [-0.05, 0) is 43.5 Å². The van der Waals surface area contributed by atoms with Gasteiger partial charge in [-0.15, -0.1) is 0 Å². The zero-order chi connectivity index (χ0) is 11.0. The van der Waals surface area contributed by atoms with Gasteiger partial charge in [0.2, 0.25) is 0 Å². The van der Waals surface area contributed by atoms with Crippen molar-refractivity contribution in [3.8, 4) is 0 Å². The number of nitrogens with two attached hydrogens (primary N) is 1. The van der Waals surface area contributed by atoms with Crippen LogP contribution < -0.4 is 5.73 Å². The molecule has 2 rings (SSSR count). The van der Waals surface area contributed by atoms with Crippen LogP contribution >= 0.6 is 0 Å². The molecule has 0 aliphatic carbocycles. The Kier molecular flexibility index (Phi) is 2.49. The second-order valence-corrected chi connectivity index (χ2v) is 4.15. The molecular weight excluding hydrogens is 191 g/mol. The number of aromatic amines is 1. The number of aryl methyl sites for hydroxylation is 1. The van der Waals surface area contributed by atoms with Gasteiger partial charge in [-0.1, -0.05) is 0 Å². The van der Waals surface area contributed by atoms with Gasteiger partial charge in [0.15, 0.2) is 0 Å². The van der Waals surface area contributed by atoms with Crippen molar-refractivity contribution in [1.29, 1.82) is 0 Å². The summed E-state index contributed by atoms with van der Waals surface area (Å²) in [6.07, 6.45) is 2.53. The maximum absolute atomic E-state index is 13.6. The van der Waals surface area contributed by atoms with Crippen molar-refractivity contribution < 1.29 is 4.39 Å².